The molecule has 0 radical (unpaired) electrons. The first-order valence-electron chi connectivity index (χ1n) is 12.9. The topological polar surface area (TPSA) is 276 Å². The van der Waals surface area contributed by atoms with Crippen LogP contribution < -0.4 is 16.2 Å². The summed E-state index contributed by atoms with van der Waals surface area (Å²) < 4.78 is 86.6. The number of phosphoric ester groups is 1. The number of fused-ring (bicyclic) bond motifs is 4. The smallest absolute Gasteiger partial charge is 0.397 e. The molecule has 1 unspecified atom stereocenters. The lowest BCUT2D eigenvalue weighted by Crippen LogP contribution is -2.45. The SMILES string of the molecule is Nc1ccnc2c1ncn2[C@@H]1O[C@@H]2COP(=O)(O)O[C@H]3[C@@H](F)[C@H](n4cnc5c(N)ncnc54)O[C@@H]3CNS(=O)(=O)O[C@H]2[C@H]1O. The number of halogens is 1. The van der Waals surface area contributed by atoms with Gasteiger partial charge in [-0.25, -0.2) is 38.1 Å². The van der Waals surface area contributed by atoms with E-state index in [4.69, 9.17) is 34.2 Å². The second-order valence-electron chi connectivity index (χ2n) is 10.1. The van der Waals surface area contributed by atoms with Crippen molar-refractivity contribution in [3.63, 3.8) is 0 Å². The molecule has 0 saturated carbocycles. The summed E-state index contributed by atoms with van der Waals surface area (Å²) in [7, 11) is -9.75. The number of hydrogen-bond acceptors (Lipinski definition) is 16. The molecule has 7 N–H and O–H groups in total. The number of pyridine rings is 1. The highest BCUT2D eigenvalue weighted by Gasteiger charge is 2.53. The van der Waals surface area contributed by atoms with Crippen molar-refractivity contribution in [1.82, 2.24) is 38.8 Å². The highest BCUT2D eigenvalue weighted by molar-refractivity contribution is 7.84. The molecule has 4 aromatic rings. The molecule has 3 aliphatic heterocycles. The lowest BCUT2D eigenvalue weighted by molar-refractivity contribution is -0.0543. The maximum absolute atomic E-state index is 15.9. The quantitative estimate of drug-likeness (QED) is 0.156. The number of ether oxygens (including phenoxy) is 2. The first kappa shape index (κ1) is 29.3. The second-order valence-corrected chi connectivity index (χ2v) is 12.9. The lowest BCUT2D eigenvalue weighted by Gasteiger charge is -2.26. The fraction of sp³-hybridized carbons (Fsp3) is 0.476. The fourth-order valence-electron chi connectivity index (χ4n) is 5.32. The second kappa shape index (κ2) is 10.6. The van der Waals surface area contributed by atoms with Gasteiger partial charge in [0, 0.05) is 12.7 Å². The third-order valence-corrected chi connectivity index (χ3v) is 9.34. The largest absolute Gasteiger partial charge is 0.472 e. The Kier molecular flexibility index (Phi) is 7.04. The number of alkyl halides is 1. The van der Waals surface area contributed by atoms with Crippen LogP contribution in [-0.2, 0) is 37.6 Å². The van der Waals surface area contributed by atoms with E-state index in [-0.39, 0.29) is 28.3 Å². The van der Waals surface area contributed by atoms with Gasteiger partial charge in [0.1, 0.15) is 47.9 Å². The summed E-state index contributed by atoms with van der Waals surface area (Å²) in [5.41, 5.74) is 12.8. The van der Waals surface area contributed by atoms with E-state index in [1.165, 1.54) is 29.5 Å². The number of nitrogen functional groups attached to an aromatic ring is 2. The Morgan fingerprint density at radius 1 is 1.00 bits per heavy atom. The molecular formula is C21H24FN10O10PS. The molecule has 0 amide bonds. The van der Waals surface area contributed by atoms with Gasteiger partial charge in [0.05, 0.1) is 24.9 Å². The molecule has 7 heterocycles. The Labute approximate surface area is 245 Å². The summed E-state index contributed by atoms with van der Waals surface area (Å²) in [6.45, 7) is -1.49. The zero-order valence-electron chi connectivity index (χ0n) is 22.1. The number of aliphatic hydroxyl groups is 1. The monoisotopic (exact) mass is 658 g/mol. The van der Waals surface area contributed by atoms with E-state index in [0.29, 0.717) is 5.52 Å². The maximum atomic E-state index is 15.9. The molecule has 3 aliphatic rings. The fourth-order valence-corrected chi connectivity index (χ4v) is 7.25. The third kappa shape index (κ3) is 4.98. The Hall–Kier alpha value is -3.44. The molecule has 7 rings (SSSR count). The number of phosphoric acid groups is 1. The van der Waals surface area contributed by atoms with E-state index >= 15 is 4.39 Å². The molecule has 3 saturated heterocycles. The van der Waals surface area contributed by atoms with Gasteiger partial charge in [-0.15, -0.1) is 0 Å². The van der Waals surface area contributed by atoms with Crippen LogP contribution in [-0.4, -0.2) is 102 Å². The molecule has 0 aliphatic carbocycles. The van der Waals surface area contributed by atoms with Gasteiger partial charge in [-0.2, -0.15) is 13.1 Å². The van der Waals surface area contributed by atoms with Crippen LogP contribution in [0.3, 0.4) is 0 Å². The normalized spacial score (nSPS) is 36.1. The highest BCUT2D eigenvalue weighted by Crippen LogP contribution is 2.50. The van der Waals surface area contributed by atoms with Crippen molar-refractivity contribution < 1.29 is 50.1 Å². The van der Waals surface area contributed by atoms with Crippen LogP contribution in [0.4, 0.5) is 15.9 Å². The van der Waals surface area contributed by atoms with Gasteiger partial charge in [-0.3, -0.25) is 18.2 Å². The molecule has 23 heteroatoms. The molecule has 20 nitrogen and oxygen atoms in total. The highest BCUT2D eigenvalue weighted by atomic mass is 32.2. The van der Waals surface area contributed by atoms with E-state index in [1.54, 1.807) is 0 Å². The van der Waals surface area contributed by atoms with Crippen molar-refractivity contribution in [1.29, 1.82) is 0 Å². The Balaban J connectivity index is 1.17. The van der Waals surface area contributed by atoms with Crippen molar-refractivity contribution >= 4 is 52.0 Å². The number of aliphatic hydroxyl groups excluding tert-OH is 1. The van der Waals surface area contributed by atoms with Gasteiger partial charge in [-0.1, -0.05) is 0 Å². The summed E-state index contributed by atoms with van der Waals surface area (Å²) in [6, 6.07) is 1.51. The van der Waals surface area contributed by atoms with Crippen molar-refractivity contribution in [3.05, 3.63) is 31.2 Å². The predicted molar refractivity (Wildman–Crippen MR) is 143 cm³/mol. The number of anilines is 2. The number of aromatic nitrogens is 7. The Morgan fingerprint density at radius 3 is 2.50 bits per heavy atom. The Bertz CT molecular complexity index is 1900. The van der Waals surface area contributed by atoms with E-state index in [2.05, 4.69) is 29.6 Å². The number of nitrogens with zero attached hydrogens (tertiary/aromatic N) is 7. The average Bonchev–Trinajstić information content (AvgIpc) is 3.73. The van der Waals surface area contributed by atoms with Crippen LogP contribution in [0.1, 0.15) is 12.5 Å². The van der Waals surface area contributed by atoms with Crippen LogP contribution >= 0.6 is 7.82 Å². The van der Waals surface area contributed by atoms with E-state index in [1.807, 2.05) is 0 Å². The number of imidazole rings is 2. The first-order valence-corrected chi connectivity index (χ1v) is 15.8. The molecular weight excluding hydrogens is 634 g/mol. The number of nitrogens with two attached hydrogens (primary N) is 2. The first-order chi connectivity index (χ1) is 20.9. The maximum Gasteiger partial charge on any atom is 0.472 e. The van der Waals surface area contributed by atoms with Gasteiger partial charge >= 0.3 is 18.1 Å². The predicted octanol–water partition coefficient (Wildman–Crippen LogP) is -1.34. The summed E-state index contributed by atoms with van der Waals surface area (Å²) in [6.07, 6.45) is -8.11. The minimum Gasteiger partial charge on any atom is -0.397 e. The summed E-state index contributed by atoms with van der Waals surface area (Å²) >= 11 is 0. The molecule has 0 bridgehead atoms. The molecule has 9 atom stereocenters. The molecule has 0 spiro atoms. The minimum absolute atomic E-state index is 0.0156. The van der Waals surface area contributed by atoms with Crippen molar-refractivity contribution in [2.45, 2.75) is 49.1 Å². The number of nitrogens with one attached hydrogen (secondary N) is 1. The van der Waals surface area contributed by atoms with Crippen LogP contribution in [0.2, 0.25) is 0 Å². The number of rotatable bonds is 2. The number of hydrogen-bond donors (Lipinski definition) is 5. The molecule has 0 aromatic carbocycles. The van der Waals surface area contributed by atoms with Gasteiger partial charge in [0.2, 0.25) is 0 Å². The van der Waals surface area contributed by atoms with E-state index in [0.717, 1.165) is 10.9 Å². The molecule has 4 aromatic heterocycles. The van der Waals surface area contributed by atoms with E-state index < -0.39 is 80.4 Å². The molecule has 3 fully saturated rings. The van der Waals surface area contributed by atoms with Gasteiger partial charge in [0.15, 0.2) is 35.7 Å². The van der Waals surface area contributed by atoms with Gasteiger partial charge in [-0.05, 0) is 6.07 Å². The van der Waals surface area contributed by atoms with Crippen molar-refractivity contribution in [2.24, 2.45) is 0 Å². The van der Waals surface area contributed by atoms with Crippen LogP contribution in [0.5, 0.6) is 0 Å². The summed E-state index contributed by atoms with van der Waals surface area (Å²) in [5.74, 6) is 0.0156. The van der Waals surface area contributed by atoms with Crippen LogP contribution in [0.15, 0.2) is 31.2 Å². The minimum atomic E-state index is -5.06. The standard InChI is InChI=1S/C21H24FN10O10PS/c22-11-15-9(39-20(11)31-7-29-13-17(24)26-5-27-19(13)31)3-30-44(36,37)42-16-10(4-38-43(34,35)41-15)40-21(14(16)33)32-6-28-12-8(23)1-2-25-18(12)32/h1-2,5-7,9-11,14-16,20-21,30,33H,3-4H2,(H2,23,25)(H,34,35)(H2,24,26,27)/t9-,10-,11-,14-,15-,16-,20-,21-/m1/s1. The van der Waals surface area contributed by atoms with Gasteiger partial charge < -0.3 is 30.9 Å². The van der Waals surface area contributed by atoms with Crippen molar-refractivity contribution in [2.75, 3.05) is 24.6 Å². The zero-order valence-corrected chi connectivity index (χ0v) is 23.8. The van der Waals surface area contributed by atoms with E-state index in [9.17, 15) is 23.0 Å². The summed E-state index contributed by atoms with van der Waals surface area (Å²) in [5, 5.41) is 11.1. The Morgan fingerprint density at radius 2 is 1.70 bits per heavy atom. The van der Waals surface area contributed by atoms with Gasteiger partial charge in [0.25, 0.3) is 0 Å². The van der Waals surface area contributed by atoms with Crippen molar-refractivity contribution in [3.8, 4) is 0 Å². The third-order valence-electron chi connectivity index (χ3n) is 7.36. The molecule has 236 valence electrons. The van der Waals surface area contributed by atoms with Crippen LogP contribution in [0, 0.1) is 0 Å². The zero-order chi connectivity index (χ0) is 31.0. The molecule has 44 heavy (non-hydrogen) atoms. The average molecular weight is 659 g/mol. The van der Waals surface area contributed by atoms with Crippen LogP contribution in [0.25, 0.3) is 22.3 Å². The summed E-state index contributed by atoms with van der Waals surface area (Å²) in [4.78, 5) is 30.8. The lowest BCUT2D eigenvalue weighted by atomic mass is 10.1.